The first kappa shape index (κ1) is 21.4. The summed E-state index contributed by atoms with van der Waals surface area (Å²) in [6, 6.07) is 12.4. The molecule has 3 rings (SSSR count). The van der Waals surface area contributed by atoms with E-state index in [1.54, 1.807) is 19.1 Å². The Morgan fingerprint density at radius 2 is 1.86 bits per heavy atom. The predicted octanol–water partition coefficient (Wildman–Crippen LogP) is 2.09. The monoisotopic (exact) mass is 418 g/mol. The number of aryl methyl sites for hydroxylation is 1. The number of rotatable bonds is 7. The standard InChI is InChI=1S/C21H26N2O5S/c1-16-6-7-19(21(24)27-2)13-20(16)29(25,26)22-14-17-4-3-5-18(12-17)15-23-8-10-28-11-9-23/h3-7,12-13,22H,8-11,14-15H2,1-2H3. The Hall–Kier alpha value is -2.26. The van der Waals surface area contributed by atoms with Crippen LogP contribution in [0.3, 0.4) is 0 Å². The maximum Gasteiger partial charge on any atom is 0.337 e. The Kier molecular flexibility index (Phi) is 7.02. The molecule has 1 heterocycles. The number of sulfonamides is 1. The number of hydrogen-bond donors (Lipinski definition) is 1. The number of nitrogens with zero attached hydrogens (tertiary/aromatic N) is 1. The van der Waals surface area contributed by atoms with Gasteiger partial charge in [0.25, 0.3) is 0 Å². The molecule has 0 aliphatic carbocycles. The maximum absolute atomic E-state index is 12.8. The van der Waals surface area contributed by atoms with Gasteiger partial charge in [-0.2, -0.15) is 0 Å². The minimum atomic E-state index is -3.78. The van der Waals surface area contributed by atoms with Crippen molar-refractivity contribution in [2.24, 2.45) is 0 Å². The van der Waals surface area contributed by atoms with Crippen LogP contribution in [0.25, 0.3) is 0 Å². The van der Waals surface area contributed by atoms with E-state index >= 15 is 0 Å². The molecule has 1 saturated heterocycles. The highest BCUT2D eigenvalue weighted by Crippen LogP contribution is 2.18. The summed E-state index contributed by atoms with van der Waals surface area (Å²) in [6.07, 6.45) is 0. The quantitative estimate of drug-likeness (QED) is 0.693. The van der Waals surface area contributed by atoms with Crippen LogP contribution in [-0.2, 0) is 32.6 Å². The van der Waals surface area contributed by atoms with Crippen molar-refractivity contribution in [3.63, 3.8) is 0 Å². The van der Waals surface area contributed by atoms with Gasteiger partial charge >= 0.3 is 5.97 Å². The molecule has 0 atom stereocenters. The molecule has 0 spiro atoms. The van der Waals surface area contributed by atoms with Crippen LogP contribution in [0.4, 0.5) is 0 Å². The molecule has 0 saturated carbocycles. The van der Waals surface area contributed by atoms with Crippen molar-refractivity contribution >= 4 is 16.0 Å². The van der Waals surface area contributed by atoms with Gasteiger partial charge < -0.3 is 9.47 Å². The number of carbonyl (C=O) groups excluding carboxylic acids is 1. The molecule has 1 aliphatic heterocycles. The van der Waals surface area contributed by atoms with E-state index in [0.717, 1.165) is 44.0 Å². The summed E-state index contributed by atoms with van der Waals surface area (Å²) in [7, 11) is -2.52. The Bertz CT molecular complexity index is 969. The summed E-state index contributed by atoms with van der Waals surface area (Å²) in [5.74, 6) is -0.572. The van der Waals surface area contributed by atoms with Crippen LogP contribution in [0.2, 0.25) is 0 Å². The molecule has 29 heavy (non-hydrogen) atoms. The fourth-order valence-corrected chi connectivity index (χ4v) is 4.53. The number of hydrogen-bond acceptors (Lipinski definition) is 6. The lowest BCUT2D eigenvalue weighted by molar-refractivity contribution is 0.0342. The van der Waals surface area contributed by atoms with Crippen LogP contribution in [0, 0.1) is 6.92 Å². The molecule has 7 nitrogen and oxygen atoms in total. The molecule has 0 unspecified atom stereocenters. The van der Waals surface area contributed by atoms with E-state index in [2.05, 4.69) is 14.4 Å². The Morgan fingerprint density at radius 1 is 1.14 bits per heavy atom. The first-order valence-corrected chi connectivity index (χ1v) is 10.9. The van der Waals surface area contributed by atoms with Gasteiger partial charge in [-0.1, -0.05) is 30.3 Å². The van der Waals surface area contributed by atoms with E-state index in [4.69, 9.17) is 4.74 Å². The van der Waals surface area contributed by atoms with E-state index in [1.165, 1.54) is 13.2 Å². The van der Waals surface area contributed by atoms with Crippen molar-refractivity contribution in [3.05, 3.63) is 64.7 Å². The van der Waals surface area contributed by atoms with E-state index in [-0.39, 0.29) is 17.0 Å². The molecule has 0 aromatic heterocycles. The number of esters is 1. The third-order valence-electron chi connectivity index (χ3n) is 4.87. The van der Waals surface area contributed by atoms with Crippen molar-refractivity contribution in [1.82, 2.24) is 9.62 Å². The van der Waals surface area contributed by atoms with Crippen LogP contribution in [0.15, 0.2) is 47.4 Å². The van der Waals surface area contributed by atoms with Gasteiger partial charge in [0.15, 0.2) is 0 Å². The largest absolute Gasteiger partial charge is 0.465 e. The number of carbonyl (C=O) groups is 1. The summed E-state index contributed by atoms with van der Waals surface area (Å²) in [4.78, 5) is 14.1. The highest BCUT2D eigenvalue weighted by molar-refractivity contribution is 7.89. The lowest BCUT2D eigenvalue weighted by Gasteiger charge is -2.26. The highest BCUT2D eigenvalue weighted by Gasteiger charge is 2.19. The summed E-state index contributed by atoms with van der Waals surface area (Å²) in [5, 5.41) is 0. The first-order chi connectivity index (χ1) is 13.9. The molecular weight excluding hydrogens is 392 g/mol. The molecule has 0 amide bonds. The van der Waals surface area contributed by atoms with Crippen molar-refractivity contribution in [2.75, 3.05) is 33.4 Å². The second-order valence-electron chi connectivity index (χ2n) is 7.00. The van der Waals surface area contributed by atoms with E-state index in [1.807, 2.05) is 24.3 Å². The summed E-state index contributed by atoms with van der Waals surface area (Å²) >= 11 is 0. The normalized spacial score (nSPS) is 15.2. The van der Waals surface area contributed by atoms with Gasteiger partial charge in [-0.3, -0.25) is 4.90 Å². The Balaban J connectivity index is 1.70. The van der Waals surface area contributed by atoms with E-state index in [9.17, 15) is 13.2 Å². The highest BCUT2D eigenvalue weighted by atomic mass is 32.2. The Morgan fingerprint density at radius 3 is 2.59 bits per heavy atom. The van der Waals surface area contributed by atoms with Crippen molar-refractivity contribution < 1.29 is 22.7 Å². The van der Waals surface area contributed by atoms with Crippen molar-refractivity contribution in [2.45, 2.75) is 24.9 Å². The van der Waals surface area contributed by atoms with Gasteiger partial charge in [-0.05, 0) is 35.7 Å². The topological polar surface area (TPSA) is 84.9 Å². The number of ether oxygens (including phenoxy) is 2. The van der Waals surface area contributed by atoms with Gasteiger partial charge in [0.2, 0.25) is 10.0 Å². The third-order valence-corrected chi connectivity index (χ3v) is 6.41. The molecule has 0 bridgehead atoms. The zero-order valence-electron chi connectivity index (χ0n) is 16.7. The first-order valence-electron chi connectivity index (χ1n) is 9.45. The van der Waals surface area contributed by atoms with Gasteiger partial charge in [-0.15, -0.1) is 0 Å². The van der Waals surface area contributed by atoms with E-state index < -0.39 is 16.0 Å². The lowest BCUT2D eigenvalue weighted by atomic mass is 10.1. The van der Waals surface area contributed by atoms with Crippen molar-refractivity contribution in [1.29, 1.82) is 0 Å². The van der Waals surface area contributed by atoms with Crippen LogP contribution in [0.1, 0.15) is 27.0 Å². The zero-order valence-corrected chi connectivity index (χ0v) is 17.5. The average molecular weight is 419 g/mol. The van der Waals surface area contributed by atoms with Gasteiger partial charge in [0, 0.05) is 26.2 Å². The minimum Gasteiger partial charge on any atom is -0.465 e. The number of benzene rings is 2. The molecule has 156 valence electrons. The fraction of sp³-hybridized carbons (Fsp3) is 0.381. The third kappa shape index (κ3) is 5.63. The molecule has 1 fully saturated rings. The Labute approximate surface area is 171 Å². The SMILES string of the molecule is COC(=O)c1ccc(C)c(S(=O)(=O)NCc2cccc(CN3CCOCC3)c2)c1. The van der Waals surface area contributed by atoms with E-state index in [0.29, 0.717) is 5.56 Å². The molecule has 0 radical (unpaired) electrons. The van der Waals surface area contributed by atoms with Crippen LogP contribution >= 0.6 is 0 Å². The molecule has 1 aliphatic rings. The molecule has 1 N–H and O–H groups in total. The molecule has 8 heteroatoms. The van der Waals surface area contributed by atoms with Crippen LogP contribution in [-0.4, -0.2) is 52.7 Å². The molecule has 2 aromatic carbocycles. The van der Waals surface area contributed by atoms with Crippen LogP contribution < -0.4 is 4.72 Å². The summed E-state index contributed by atoms with van der Waals surface area (Å²) < 4.78 is 38.3. The molecular formula is C21H26N2O5S. The average Bonchev–Trinajstić information content (AvgIpc) is 2.73. The summed E-state index contributed by atoms with van der Waals surface area (Å²) in [5.41, 5.74) is 2.77. The predicted molar refractivity (Wildman–Crippen MR) is 109 cm³/mol. The number of methoxy groups -OCH3 is 1. The number of morpholine rings is 1. The second-order valence-corrected chi connectivity index (χ2v) is 8.74. The van der Waals surface area contributed by atoms with Gasteiger partial charge in [0.1, 0.15) is 0 Å². The maximum atomic E-state index is 12.8. The summed E-state index contributed by atoms with van der Waals surface area (Å²) in [6.45, 7) is 5.94. The zero-order chi connectivity index (χ0) is 20.9. The number of nitrogens with one attached hydrogen (secondary N) is 1. The molecule has 2 aromatic rings. The smallest absolute Gasteiger partial charge is 0.337 e. The van der Waals surface area contributed by atoms with Gasteiger partial charge in [-0.25, -0.2) is 17.9 Å². The minimum absolute atomic E-state index is 0.0740. The second kappa shape index (κ2) is 9.49. The van der Waals surface area contributed by atoms with Gasteiger partial charge in [0.05, 0.1) is 30.8 Å². The lowest BCUT2D eigenvalue weighted by Crippen LogP contribution is -2.35. The fourth-order valence-electron chi connectivity index (χ4n) is 3.25. The van der Waals surface area contributed by atoms with Crippen molar-refractivity contribution in [3.8, 4) is 0 Å². The van der Waals surface area contributed by atoms with Crippen LogP contribution in [0.5, 0.6) is 0 Å².